The van der Waals surface area contributed by atoms with Crippen LogP contribution >= 0.6 is 0 Å². The number of anilines is 1. The lowest BCUT2D eigenvalue weighted by molar-refractivity contribution is 0.882. The second-order valence-corrected chi connectivity index (χ2v) is 2.84. The molecule has 0 bridgehead atoms. The van der Waals surface area contributed by atoms with E-state index in [2.05, 4.69) is 23.4 Å². The average molecular weight is 187 g/mol. The van der Waals surface area contributed by atoms with Crippen LogP contribution in [0.2, 0.25) is 0 Å². The molecule has 1 aromatic heterocycles. The summed E-state index contributed by atoms with van der Waals surface area (Å²) in [5, 5.41) is 8.61. The molecule has 3 nitrogen and oxygen atoms in total. The van der Waals surface area contributed by atoms with E-state index < -0.39 is 0 Å². The van der Waals surface area contributed by atoms with Crippen LogP contribution in [0.1, 0.15) is 12.5 Å². The van der Waals surface area contributed by atoms with Crippen molar-refractivity contribution in [3.63, 3.8) is 0 Å². The van der Waals surface area contributed by atoms with Crippen molar-refractivity contribution in [1.82, 2.24) is 4.98 Å². The normalized spacial score (nSPS) is 9.14. The molecular formula is C11H13N3. The first-order valence-corrected chi connectivity index (χ1v) is 4.53. The zero-order valence-corrected chi connectivity index (χ0v) is 8.27. The SMILES string of the molecule is C=CCN(CC)c1ccc(C#N)cn1. The number of nitriles is 1. The van der Waals surface area contributed by atoms with Crippen molar-refractivity contribution < 1.29 is 0 Å². The predicted octanol–water partition coefficient (Wildman–Crippen LogP) is 1.97. The van der Waals surface area contributed by atoms with Gasteiger partial charge in [-0.05, 0) is 19.1 Å². The van der Waals surface area contributed by atoms with Gasteiger partial charge in [-0.15, -0.1) is 6.58 Å². The fraction of sp³-hybridized carbons (Fsp3) is 0.273. The van der Waals surface area contributed by atoms with E-state index in [1.807, 2.05) is 18.2 Å². The maximum absolute atomic E-state index is 8.61. The van der Waals surface area contributed by atoms with Gasteiger partial charge < -0.3 is 4.90 Å². The Kier molecular flexibility index (Phi) is 3.69. The molecule has 0 radical (unpaired) electrons. The zero-order chi connectivity index (χ0) is 10.4. The summed E-state index contributed by atoms with van der Waals surface area (Å²) in [5.41, 5.74) is 0.586. The summed E-state index contributed by atoms with van der Waals surface area (Å²) in [6, 6.07) is 5.67. The highest BCUT2D eigenvalue weighted by Crippen LogP contribution is 2.10. The Morgan fingerprint density at radius 2 is 2.43 bits per heavy atom. The van der Waals surface area contributed by atoms with Crippen LogP contribution in [0.4, 0.5) is 5.82 Å². The van der Waals surface area contributed by atoms with Crippen LogP contribution < -0.4 is 4.90 Å². The molecule has 0 N–H and O–H groups in total. The highest BCUT2D eigenvalue weighted by atomic mass is 15.2. The van der Waals surface area contributed by atoms with Gasteiger partial charge in [-0.3, -0.25) is 0 Å². The van der Waals surface area contributed by atoms with E-state index in [1.165, 1.54) is 0 Å². The summed E-state index contributed by atoms with van der Waals surface area (Å²) >= 11 is 0. The molecule has 0 spiro atoms. The highest BCUT2D eigenvalue weighted by molar-refractivity contribution is 5.42. The third kappa shape index (κ3) is 2.33. The molecule has 0 aliphatic heterocycles. The summed E-state index contributed by atoms with van der Waals surface area (Å²) < 4.78 is 0. The minimum absolute atomic E-state index is 0.586. The van der Waals surface area contributed by atoms with Crippen LogP contribution in [0.5, 0.6) is 0 Å². The van der Waals surface area contributed by atoms with Crippen LogP contribution in [0.15, 0.2) is 31.0 Å². The Hall–Kier alpha value is -1.82. The van der Waals surface area contributed by atoms with Gasteiger partial charge in [-0.25, -0.2) is 4.98 Å². The third-order valence-corrected chi connectivity index (χ3v) is 1.93. The van der Waals surface area contributed by atoms with Gasteiger partial charge in [0.25, 0.3) is 0 Å². The Morgan fingerprint density at radius 1 is 1.64 bits per heavy atom. The smallest absolute Gasteiger partial charge is 0.128 e. The van der Waals surface area contributed by atoms with Crippen molar-refractivity contribution in [1.29, 1.82) is 5.26 Å². The number of aromatic nitrogens is 1. The van der Waals surface area contributed by atoms with Gasteiger partial charge in [0, 0.05) is 19.3 Å². The Bertz CT molecular complexity index is 335. The first-order valence-electron chi connectivity index (χ1n) is 4.53. The first kappa shape index (κ1) is 10.3. The molecule has 0 unspecified atom stereocenters. The maximum Gasteiger partial charge on any atom is 0.128 e. The summed E-state index contributed by atoms with van der Waals surface area (Å²) in [4.78, 5) is 6.27. The quantitative estimate of drug-likeness (QED) is 0.676. The fourth-order valence-electron chi connectivity index (χ4n) is 1.18. The third-order valence-electron chi connectivity index (χ3n) is 1.93. The molecule has 0 aromatic carbocycles. The van der Waals surface area contributed by atoms with E-state index in [1.54, 1.807) is 12.3 Å². The van der Waals surface area contributed by atoms with Gasteiger partial charge in [0.05, 0.1) is 5.56 Å². The predicted molar refractivity (Wildman–Crippen MR) is 57.0 cm³/mol. The molecule has 0 aliphatic carbocycles. The van der Waals surface area contributed by atoms with Crippen LogP contribution in [0.25, 0.3) is 0 Å². The Labute approximate surface area is 84.3 Å². The lowest BCUT2D eigenvalue weighted by Crippen LogP contribution is -2.23. The lowest BCUT2D eigenvalue weighted by Gasteiger charge is -2.19. The molecule has 14 heavy (non-hydrogen) atoms. The minimum atomic E-state index is 0.586. The van der Waals surface area contributed by atoms with Crippen LogP contribution in [-0.2, 0) is 0 Å². The number of likely N-dealkylation sites (N-methyl/N-ethyl adjacent to an activating group) is 1. The number of rotatable bonds is 4. The van der Waals surface area contributed by atoms with Gasteiger partial charge in [0.1, 0.15) is 11.9 Å². The van der Waals surface area contributed by atoms with Gasteiger partial charge in [0.2, 0.25) is 0 Å². The van der Waals surface area contributed by atoms with Crippen molar-refractivity contribution >= 4 is 5.82 Å². The Balaban J connectivity index is 2.84. The molecule has 0 aliphatic rings. The summed E-state index contributed by atoms with van der Waals surface area (Å²) in [6.45, 7) is 7.40. The second-order valence-electron chi connectivity index (χ2n) is 2.84. The molecule has 3 heteroatoms. The van der Waals surface area contributed by atoms with Crippen LogP contribution in [-0.4, -0.2) is 18.1 Å². The molecular weight excluding hydrogens is 174 g/mol. The standard InChI is InChI=1S/C11H13N3/c1-3-7-14(4-2)11-6-5-10(8-12)9-13-11/h3,5-6,9H,1,4,7H2,2H3. The van der Waals surface area contributed by atoms with E-state index in [0.717, 1.165) is 18.9 Å². The highest BCUT2D eigenvalue weighted by Gasteiger charge is 2.02. The number of pyridine rings is 1. The van der Waals surface area contributed by atoms with E-state index in [0.29, 0.717) is 5.56 Å². The van der Waals surface area contributed by atoms with Gasteiger partial charge in [-0.2, -0.15) is 5.26 Å². The van der Waals surface area contributed by atoms with Crippen molar-refractivity contribution in [3.05, 3.63) is 36.5 Å². The van der Waals surface area contributed by atoms with Gasteiger partial charge in [-0.1, -0.05) is 6.08 Å². The number of hydrogen-bond acceptors (Lipinski definition) is 3. The first-order chi connectivity index (χ1) is 6.81. The maximum atomic E-state index is 8.61. The molecule has 0 atom stereocenters. The Morgan fingerprint density at radius 3 is 2.86 bits per heavy atom. The number of nitrogens with zero attached hydrogens (tertiary/aromatic N) is 3. The van der Waals surface area contributed by atoms with Crippen molar-refractivity contribution in [2.24, 2.45) is 0 Å². The van der Waals surface area contributed by atoms with E-state index in [9.17, 15) is 0 Å². The van der Waals surface area contributed by atoms with E-state index in [-0.39, 0.29) is 0 Å². The lowest BCUT2D eigenvalue weighted by atomic mass is 10.3. The summed E-state index contributed by atoms with van der Waals surface area (Å²) in [6.07, 6.45) is 3.42. The molecule has 0 saturated heterocycles. The van der Waals surface area contributed by atoms with Crippen LogP contribution in [0, 0.1) is 11.3 Å². The van der Waals surface area contributed by atoms with Crippen molar-refractivity contribution in [3.8, 4) is 6.07 Å². The minimum Gasteiger partial charge on any atom is -0.353 e. The van der Waals surface area contributed by atoms with E-state index in [4.69, 9.17) is 5.26 Å². The van der Waals surface area contributed by atoms with Crippen LogP contribution in [0.3, 0.4) is 0 Å². The molecule has 0 fully saturated rings. The van der Waals surface area contributed by atoms with E-state index >= 15 is 0 Å². The van der Waals surface area contributed by atoms with Gasteiger partial charge >= 0.3 is 0 Å². The van der Waals surface area contributed by atoms with Gasteiger partial charge in [0.15, 0.2) is 0 Å². The molecule has 1 aromatic rings. The molecule has 0 saturated carbocycles. The zero-order valence-electron chi connectivity index (χ0n) is 8.27. The summed E-state index contributed by atoms with van der Waals surface area (Å²) in [5.74, 6) is 0.881. The monoisotopic (exact) mass is 187 g/mol. The average Bonchev–Trinajstić information content (AvgIpc) is 2.26. The summed E-state index contributed by atoms with van der Waals surface area (Å²) in [7, 11) is 0. The topological polar surface area (TPSA) is 39.9 Å². The largest absolute Gasteiger partial charge is 0.353 e. The van der Waals surface area contributed by atoms with Crippen molar-refractivity contribution in [2.45, 2.75) is 6.92 Å². The molecule has 1 heterocycles. The number of hydrogen-bond donors (Lipinski definition) is 0. The fourth-order valence-corrected chi connectivity index (χ4v) is 1.18. The molecule has 1 rings (SSSR count). The van der Waals surface area contributed by atoms with Crippen molar-refractivity contribution in [2.75, 3.05) is 18.0 Å². The molecule has 0 amide bonds. The molecule has 72 valence electrons. The second kappa shape index (κ2) is 5.03.